The van der Waals surface area contributed by atoms with Crippen LogP contribution in [0.15, 0.2) is 0 Å². The van der Waals surface area contributed by atoms with Crippen molar-refractivity contribution in [1.29, 1.82) is 5.26 Å². The molecule has 0 aromatic heterocycles. The monoisotopic (exact) mass is 157 g/mol. The third kappa shape index (κ3) is 26.4. The molecule has 0 aliphatic heterocycles. The summed E-state index contributed by atoms with van der Waals surface area (Å²) in [6.45, 7) is 12.2. The van der Waals surface area contributed by atoms with E-state index in [1.54, 1.807) is 0 Å². The molecule has 11 heavy (non-hydrogen) atoms. The molecule has 0 aliphatic carbocycles. The van der Waals surface area contributed by atoms with Crippen molar-refractivity contribution in [2.75, 3.05) is 0 Å². The van der Waals surface area contributed by atoms with Crippen molar-refractivity contribution in [1.82, 2.24) is 0 Å². The lowest BCUT2D eigenvalue weighted by molar-refractivity contribution is 0.578. The van der Waals surface area contributed by atoms with Crippen LogP contribution < -0.4 is 0 Å². The number of hydrogen-bond acceptors (Lipinski definition) is 1. The first-order valence-electron chi connectivity index (χ1n) is 4.68. The minimum atomic E-state index is 0.588. The molecule has 0 aliphatic rings. The summed E-state index contributed by atoms with van der Waals surface area (Å²) in [4.78, 5) is 0. The van der Waals surface area contributed by atoms with Crippen molar-refractivity contribution in [3.8, 4) is 6.07 Å². The highest BCUT2D eigenvalue weighted by atomic mass is 14.2. The molecule has 0 aromatic carbocycles. The maximum Gasteiger partial charge on any atom is 0.0624 e. The van der Waals surface area contributed by atoms with Crippen LogP contribution in [0.1, 0.15) is 54.4 Å². The van der Waals surface area contributed by atoms with Gasteiger partial charge in [-0.25, -0.2) is 0 Å². The number of nitriles is 1. The molecule has 0 aromatic rings. The van der Waals surface area contributed by atoms with Crippen LogP contribution in [-0.2, 0) is 0 Å². The van der Waals surface area contributed by atoms with E-state index in [0.29, 0.717) is 12.3 Å². The van der Waals surface area contributed by atoms with Crippen LogP contribution in [0.3, 0.4) is 0 Å². The van der Waals surface area contributed by atoms with Crippen LogP contribution >= 0.6 is 0 Å². The van der Waals surface area contributed by atoms with Gasteiger partial charge in [-0.3, -0.25) is 0 Å². The van der Waals surface area contributed by atoms with Gasteiger partial charge in [0.25, 0.3) is 0 Å². The van der Waals surface area contributed by atoms with Crippen LogP contribution in [0.2, 0.25) is 0 Å². The van der Waals surface area contributed by atoms with Gasteiger partial charge in [0, 0.05) is 6.42 Å². The maximum atomic E-state index is 8.12. The summed E-state index contributed by atoms with van der Waals surface area (Å²) >= 11 is 0. The predicted molar refractivity (Wildman–Crippen MR) is 52.4 cm³/mol. The fourth-order valence-corrected chi connectivity index (χ4v) is 0.300. The largest absolute Gasteiger partial charge is 0.198 e. The maximum absolute atomic E-state index is 8.12. The first-order valence-corrected chi connectivity index (χ1v) is 4.68. The summed E-state index contributed by atoms with van der Waals surface area (Å²) in [5, 5.41) is 8.12. The Balaban J connectivity index is -0.000000138. The van der Waals surface area contributed by atoms with E-state index in [4.69, 9.17) is 5.26 Å². The third-order valence-corrected chi connectivity index (χ3v) is 1.14. The lowest BCUT2D eigenvalue weighted by atomic mass is 10.1. The summed E-state index contributed by atoms with van der Waals surface area (Å²) in [6, 6.07) is 2.12. The topological polar surface area (TPSA) is 23.8 Å². The van der Waals surface area contributed by atoms with Crippen LogP contribution in [-0.4, -0.2) is 0 Å². The first kappa shape index (κ1) is 16.8. The molecule has 68 valence electrons. The molecule has 1 atom stereocenters. The molecule has 0 radical (unpaired) electrons. The van der Waals surface area contributed by atoms with Crippen LogP contribution in [0.4, 0.5) is 0 Å². The van der Waals surface area contributed by atoms with E-state index in [9.17, 15) is 0 Å². The van der Waals surface area contributed by atoms with Crippen molar-refractivity contribution in [3.05, 3.63) is 0 Å². The second-order valence-electron chi connectivity index (χ2n) is 1.88. The van der Waals surface area contributed by atoms with Gasteiger partial charge < -0.3 is 0 Å². The number of rotatable bonds is 2. The lowest BCUT2D eigenvalue weighted by Crippen LogP contribution is -1.86. The lowest BCUT2D eigenvalue weighted by Gasteiger charge is -1.96. The second kappa shape index (κ2) is 22.7. The normalized spacial score (nSPS) is 9.18. The molecule has 1 unspecified atom stereocenters. The van der Waals surface area contributed by atoms with Gasteiger partial charge >= 0.3 is 0 Å². The Kier molecular flexibility index (Phi) is 34.7. The molecular weight excluding hydrogens is 134 g/mol. The van der Waals surface area contributed by atoms with Crippen molar-refractivity contribution in [3.63, 3.8) is 0 Å². The van der Waals surface area contributed by atoms with Crippen LogP contribution in [0, 0.1) is 17.2 Å². The molecular formula is C10H23N. The van der Waals surface area contributed by atoms with Gasteiger partial charge in [-0.2, -0.15) is 5.26 Å². The summed E-state index contributed by atoms with van der Waals surface area (Å²) < 4.78 is 0. The zero-order valence-corrected chi connectivity index (χ0v) is 8.94. The van der Waals surface area contributed by atoms with Gasteiger partial charge in [0.2, 0.25) is 0 Å². The Labute approximate surface area is 72.4 Å². The van der Waals surface area contributed by atoms with Gasteiger partial charge in [0.15, 0.2) is 0 Å². The highest BCUT2D eigenvalue weighted by Gasteiger charge is 1.93. The van der Waals surface area contributed by atoms with Gasteiger partial charge in [-0.1, -0.05) is 48.0 Å². The quantitative estimate of drug-likeness (QED) is 0.594. The SMILES string of the molecule is CC.CC.CCC(C)CC#N. The molecule has 0 saturated carbocycles. The Morgan fingerprint density at radius 3 is 1.64 bits per heavy atom. The van der Waals surface area contributed by atoms with E-state index in [1.807, 2.05) is 27.7 Å². The molecule has 0 rings (SSSR count). The minimum Gasteiger partial charge on any atom is -0.198 e. The Hall–Kier alpha value is -0.510. The second-order valence-corrected chi connectivity index (χ2v) is 1.88. The summed E-state index contributed by atoms with van der Waals surface area (Å²) in [7, 11) is 0. The molecule has 0 bridgehead atoms. The molecule has 0 fully saturated rings. The molecule has 0 N–H and O–H groups in total. The van der Waals surface area contributed by atoms with Gasteiger partial charge in [0.1, 0.15) is 0 Å². The van der Waals surface area contributed by atoms with E-state index in [-0.39, 0.29) is 0 Å². The molecule has 0 saturated heterocycles. The molecule has 0 amide bonds. The minimum absolute atomic E-state index is 0.588. The molecule has 0 heterocycles. The van der Waals surface area contributed by atoms with E-state index >= 15 is 0 Å². The number of nitrogens with zero attached hydrogens (tertiary/aromatic N) is 1. The summed E-state index contributed by atoms with van der Waals surface area (Å²) in [5.74, 6) is 0.588. The average Bonchev–Trinajstić information content (AvgIpc) is 2.12. The Bertz CT molecular complexity index is 71.4. The fourth-order valence-electron chi connectivity index (χ4n) is 0.300. The Morgan fingerprint density at radius 1 is 1.18 bits per heavy atom. The molecule has 1 heteroatoms. The zero-order valence-electron chi connectivity index (χ0n) is 8.94. The molecule has 1 nitrogen and oxygen atoms in total. The van der Waals surface area contributed by atoms with E-state index < -0.39 is 0 Å². The third-order valence-electron chi connectivity index (χ3n) is 1.14. The fraction of sp³-hybridized carbons (Fsp3) is 0.900. The predicted octanol–water partition coefficient (Wildman–Crippen LogP) is 4.00. The average molecular weight is 157 g/mol. The highest BCUT2D eigenvalue weighted by Crippen LogP contribution is 2.03. The number of hydrogen-bond donors (Lipinski definition) is 0. The van der Waals surface area contributed by atoms with Crippen molar-refractivity contribution in [2.24, 2.45) is 5.92 Å². The van der Waals surface area contributed by atoms with E-state index in [2.05, 4.69) is 19.9 Å². The van der Waals surface area contributed by atoms with Gasteiger partial charge in [-0.15, -0.1) is 0 Å². The Morgan fingerprint density at radius 2 is 1.55 bits per heavy atom. The standard InChI is InChI=1S/C6H11N.2C2H6/c1-3-6(2)4-5-7;2*1-2/h6H,3-4H2,1-2H3;2*1-2H3. The van der Waals surface area contributed by atoms with Crippen LogP contribution in [0.5, 0.6) is 0 Å². The molecule has 0 spiro atoms. The van der Waals surface area contributed by atoms with Gasteiger partial charge in [0.05, 0.1) is 6.07 Å². The van der Waals surface area contributed by atoms with Crippen molar-refractivity contribution in [2.45, 2.75) is 54.4 Å². The van der Waals surface area contributed by atoms with E-state index in [1.165, 1.54) is 0 Å². The van der Waals surface area contributed by atoms with Crippen molar-refractivity contribution < 1.29 is 0 Å². The van der Waals surface area contributed by atoms with Crippen molar-refractivity contribution >= 4 is 0 Å². The summed E-state index contributed by atoms with van der Waals surface area (Å²) in [6.07, 6.45) is 1.82. The highest BCUT2D eigenvalue weighted by molar-refractivity contribution is 4.71. The van der Waals surface area contributed by atoms with E-state index in [0.717, 1.165) is 6.42 Å². The summed E-state index contributed by atoms with van der Waals surface area (Å²) in [5.41, 5.74) is 0. The van der Waals surface area contributed by atoms with Crippen LogP contribution in [0.25, 0.3) is 0 Å². The first-order chi connectivity index (χ1) is 5.31. The van der Waals surface area contributed by atoms with Gasteiger partial charge in [-0.05, 0) is 5.92 Å². The zero-order chi connectivity index (χ0) is 9.70. The smallest absolute Gasteiger partial charge is 0.0624 e.